The lowest BCUT2D eigenvalue weighted by molar-refractivity contribution is -0.129. The van der Waals surface area contributed by atoms with Gasteiger partial charge in [0.25, 0.3) is 5.24 Å². The Morgan fingerprint density at radius 3 is 1.87 bits per heavy atom. The highest BCUT2D eigenvalue weighted by molar-refractivity contribution is 8.15. The fraction of sp³-hybridized carbons (Fsp3) is 0.136. The maximum absolute atomic E-state index is 14.4. The average Bonchev–Trinajstić information content (AvgIpc) is 3.48. The first kappa shape index (κ1) is 34.5. The molecular weight excluding hydrogens is 667 g/mol. The lowest BCUT2D eigenvalue weighted by Gasteiger charge is -2.42. The van der Waals surface area contributed by atoms with E-state index in [1.165, 1.54) is 4.90 Å². The summed E-state index contributed by atoms with van der Waals surface area (Å²) in [5.74, 6) is 0.461. The third kappa shape index (κ3) is 7.24. The van der Waals surface area contributed by atoms with Crippen molar-refractivity contribution in [1.82, 2.24) is 9.88 Å². The highest BCUT2D eigenvalue weighted by Crippen LogP contribution is 2.47. The summed E-state index contributed by atoms with van der Waals surface area (Å²) >= 11 is 1.09. The molecule has 1 atom stereocenters. The van der Waals surface area contributed by atoms with Gasteiger partial charge in [-0.3, -0.25) is 19.5 Å². The number of imide groups is 1. The van der Waals surface area contributed by atoms with Crippen molar-refractivity contribution in [2.45, 2.75) is 24.1 Å². The molecule has 0 saturated carbocycles. The predicted molar refractivity (Wildman–Crippen MR) is 206 cm³/mol. The van der Waals surface area contributed by atoms with Crippen molar-refractivity contribution in [3.8, 4) is 16.9 Å². The van der Waals surface area contributed by atoms with Crippen molar-refractivity contribution in [3.05, 3.63) is 192 Å². The molecule has 8 heteroatoms. The Balaban J connectivity index is 0.992. The number of oxime groups is 1. The summed E-state index contributed by atoms with van der Waals surface area (Å²) < 4.78 is 5.90. The van der Waals surface area contributed by atoms with Crippen LogP contribution in [-0.2, 0) is 21.6 Å². The first-order valence-electron chi connectivity index (χ1n) is 17.1. The van der Waals surface area contributed by atoms with Crippen LogP contribution in [-0.4, -0.2) is 45.2 Å². The van der Waals surface area contributed by atoms with Gasteiger partial charge in [-0.15, -0.1) is 0 Å². The number of aromatic nitrogens is 1. The number of carbonyl (C=O) groups excluding carboxylic acids is 2. The molecule has 0 N–H and O–H groups in total. The van der Waals surface area contributed by atoms with E-state index in [4.69, 9.17) is 9.57 Å². The van der Waals surface area contributed by atoms with Gasteiger partial charge in [0, 0.05) is 12.4 Å². The first-order chi connectivity index (χ1) is 25.5. The minimum atomic E-state index is -1.13. The molecule has 0 aliphatic carbocycles. The van der Waals surface area contributed by atoms with Crippen molar-refractivity contribution in [3.63, 3.8) is 0 Å². The van der Waals surface area contributed by atoms with Crippen LogP contribution in [0.2, 0.25) is 0 Å². The number of amides is 2. The molecule has 0 spiro atoms. The fourth-order valence-corrected chi connectivity index (χ4v) is 7.64. The largest absolute Gasteiger partial charge is 0.490 e. The number of benzene rings is 5. The van der Waals surface area contributed by atoms with Gasteiger partial charge in [0.15, 0.2) is 6.61 Å². The number of hydrogen-bond donors (Lipinski definition) is 0. The van der Waals surface area contributed by atoms with Crippen LogP contribution >= 0.6 is 11.8 Å². The second-order valence-electron chi connectivity index (χ2n) is 12.4. The van der Waals surface area contributed by atoms with Crippen molar-refractivity contribution >= 4 is 28.6 Å². The molecule has 0 radical (unpaired) electrons. The summed E-state index contributed by atoms with van der Waals surface area (Å²) in [5.41, 5.74) is 6.23. The maximum atomic E-state index is 14.4. The molecule has 7 rings (SSSR count). The molecule has 5 aromatic carbocycles. The number of ether oxygens (including phenoxy) is 1. The van der Waals surface area contributed by atoms with Crippen molar-refractivity contribution in [2.24, 2.45) is 5.16 Å². The molecule has 1 fully saturated rings. The van der Waals surface area contributed by atoms with Crippen molar-refractivity contribution in [1.29, 1.82) is 0 Å². The van der Waals surface area contributed by atoms with Crippen molar-refractivity contribution < 1.29 is 19.2 Å². The Morgan fingerprint density at radius 2 is 1.31 bits per heavy atom. The van der Waals surface area contributed by atoms with E-state index in [0.29, 0.717) is 18.8 Å². The summed E-state index contributed by atoms with van der Waals surface area (Å²) in [7, 11) is 0. The van der Waals surface area contributed by atoms with Crippen LogP contribution in [0.25, 0.3) is 11.1 Å². The van der Waals surface area contributed by atoms with E-state index in [1.807, 2.05) is 165 Å². The monoisotopic (exact) mass is 703 g/mol. The normalized spacial score (nSPS) is 14.8. The zero-order valence-corrected chi connectivity index (χ0v) is 29.5. The molecule has 2 amide bonds. The van der Waals surface area contributed by atoms with E-state index >= 15 is 0 Å². The number of carbonyl (C=O) groups is 2. The quantitative estimate of drug-likeness (QED) is 0.0517. The van der Waals surface area contributed by atoms with Gasteiger partial charge in [0.1, 0.15) is 17.9 Å². The molecule has 6 aromatic rings. The van der Waals surface area contributed by atoms with Crippen molar-refractivity contribution in [2.75, 3.05) is 13.2 Å². The summed E-state index contributed by atoms with van der Waals surface area (Å²) in [4.78, 5) is 39.6. The summed E-state index contributed by atoms with van der Waals surface area (Å²) in [5, 5.41) is 3.41. The molecule has 0 bridgehead atoms. The van der Waals surface area contributed by atoms with Crippen LogP contribution in [0.15, 0.2) is 169 Å². The number of hydrogen-bond acceptors (Lipinski definition) is 7. The highest BCUT2D eigenvalue weighted by Gasteiger charge is 2.53. The van der Waals surface area contributed by atoms with E-state index in [1.54, 1.807) is 6.20 Å². The van der Waals surface area contributed by atoms with Gasteiger partial charge in [-0.2, -0.15) is 0 Å². The Hall–Kier alpha value is -5.99. The van der Waals surface area contributed by atoms with Crippen LogP contribution in [0.5, 0.6) is 5.75 Å². The molecular formula is C44H37N3O4S. The van der Waals surface area contributed by atoms with E-state index < -0.39 is 10.8 Å². The SMILES string of the molecule is CC(=NOCCOc1ccc(CC2SC(=O)N(C(c3ccccc3)(c3ccccc3)c3ccccc3)C2=O)cc1)c1ccc(-c2cccnc2)cc1. The Bertz CT molecular complexity index is 2030. The minimum absolute atomic E-state index is 0.218. The number of rotatable bonds is 13. The Kier molecular flexibility index (Phi) is 10.5. The molecule has 1 aliphatic rings. The van der Waals surface area contributed by atoms with Gasteiger partial charge in [-0.1, -0.05) is 150 Å². The summed E-state index contributed by atoms with van der Waals surface area (Å²) in [6, 6.07) is 49.1. The zero-order chi connectivity index (χ0) is 35.8. The van der Waals surface area contributed by atoms with Gasteiger partial charge in [0.2, 0.25) is 5.91 Å². The average molecular weight is 704 g/mol. The van der Waals surface area contributed by atoms with E-state index in [0.717, 1.165) is 56.4 Å². The third-order valence-electron chi connectivity index (χ3n) is 9.12. The molecule has 1 aromatic heterocycles. The van der Waals surface area contributed by atoms with E-state index in [2.05, 4.69) is 10.1 Å². The van der Waals surface area contributed by atoms with Crippen LogP contribution in [0.3, 0.4) is 0 Å². The molecule has 1 aliphatic heterocycles. The topological polar surface area (TPSA) is 81.1 Å². The standard InChI is InChI=1S/C44H37N3O4S/c1-32(34-21-23-35(24-22-34)36-12-11-27-45-31-36)46-51-29-28-50-40-25-19-33(20-26-40)30-41-42(48)47(43(49)52-41)44(37-13-5-2-6-14-37,38-15-7-3-8-16-38)39-17-9-4-10-18-39/h2-27,31,41H,28-30H2,1H3. The van der Waals surface area contributed by atoms with Crippen LogP contribution in [0, 0.1) is 0 Å². The molecule has 7 nitrogen and oxygen atoms in total. The lowest BCUT2D eigenvalue weighted by Crippen LogP contribution is -2.51. The second kappa shape index (κ2) is 15.9. The van der Waals surface area contributed by atoms with Gasteiger partial charge < -0.3 is 9.57 Å². The van der Waals surface area contributed by atoms with Gasteiger partial charge in [0.05, 0.1) is 11.0 Å². The second-order valence-corrected chi connectivity index (χ2v) is 13.5. The van der Waals surface area contributed by atoms with E-state index in [9.17, 15) is 9.59 Å². The molecule has 2 heterocycles. The van der Waals surface area contributed by atoms with Gasteiger partial charge in [-0.25, -0.2) is 0 Å². The third-order valence-corrected chi connectivity index (χ3v) is 10.2. The molecule has 258 valence electrons. The number of pyridine rings is 1. The summed E-state index contributed by atoms with van der Waals surface area (Å²) in [6.45, 7) is 2.50. The summed E-state index contributed by atoms with van der Waals surface area (Å²) in [6.07, 6.45) is 4.00. The maximum Gasteiger partial charge on any atom is 0.290 e. The zero-order valence-electron chi connectivity index (χ0n) is 28.7. The lowest BCUT2D eigenvalue weighted by atomic mass is 9.75. The first-order valence-corrected chi connectivity index (χ1v) is 18.0. The number of thioether (sulfide) groups is 1. The van der Waals surface area contributed by atoms with Crippen LogP contribution in [0.4, 0.5) is 4.79 Å². The number of nitrogens with zero attached hydrogens (tertiary/aromatic N) is 3. The fourth-order valence-electron chi connectivity index (χ4n) is 6.58. The molecule has 52 heavy (non-hydrogen) atoms. The Morgan fingerprint density at radius 1 is 0.712 bits per heavy atom. The van der Waals surface area contributed by atoms with Gasteiger partial charge in [-0.05, 0) is 70.5 Å². The predicted octanol–water partition coefficient (Wildman–Crippen LogP) is 9.17. The molecule has 1 saturated heterocycles. The smallest absolute Gasteiger partial charge is 0.290 e. The van der Waals surface area contributed by atoms with E-state index in [-0.39, 0.29) is 17.8 Å². The van der Waals surface area contributed by atoms with Crippen LogP contribution < -0.4 is 4.74 Å². The Labute approximate surface area is 307 Å². The molecule has 1 unspecified atom stereocenters. The van der Waals surface area contributed by atoms with Crippen LogP contribution in [0.1, 0.15) is 34.7 Å². The van der Waals surface area contributed by atoms with Gasteiger partial charge >= 0.3 is 0 Å². The highest BCUT2D eigenvalue weighted by atomic mass is 32.2. The minimum Gasteiger partial charge on any atom is -0.490 e.